The van der Waals surface area contributed by atoms with Crippen molar-refractivity contribution in [3.63, 3.8) is 0 Å². The number of nitrogens with zero attached hydrogens (tertiary/aromatic N) is 4. The summed E-state index contributed by atoms with van der Waals surface area (Å²) < 4.78 is 1.68. The molecule has 7 heteroatoms. The average molecular weight is 379 g/mol. The van der Waals surface area contributed by atoms with Gasteiger partial charge in [-0.3, -0.25) is 4.79 Å². The molecule has 7 nitrogen and oxygen atoms in total. The monoisotopic (exact) mass is 379 g/mol. The Morgan fingerprint density at radius 1 is 1.18 bits per heavy atom. The van der Waals surface area contributed by atoms with Crippen LogP contribution in [0.2, 0.25) is 0 Å². The maximum absolute atomic E-state index is 12.6. The van der Waals surface area contributed by atoms with Gasteiger partial charge < -0.3 is 10.2 Å². The van der Waals surface area contributed by atoms with E-state index < -0.39 is 0 Å². The van der Waals surface area contributed by atoms with Gasteiger partial charge in [-0.2, -0.15) is 10.1 Å². The second-order valence-corrected chi connectivity index (χ2v) is 7.59. The molecule has 0 atom stereocenters. The van der Waals surface area contributed by atoms with Crippen LogP contribution in [0.15, 0.2) is 30.6 Å². The number of nitrogens with one attached hydrogen (secondary N) is 2. The molecule has 0 spiro atoms. The first-order chi connectivity index (χ1) is 13.6. The van der Waals surface area contributed by atoms with Crippen molar-refractivity contribution in [2.24, 2.45) is 0 Å². The van der Waals surface area contributed by atoms with Gasteiger partial charge in [0.05, 0.1) is 19.5 Å². The third-order valence-electron chi connectivity index (χ3n) is 5.67. The molecule has 28 heavy (non-hydrogen) atoms. The van der Waals surface area contributed by atoms with Crippen LogP contribution in [-0.2, 0) is 24.3 Å². The molecule has 4 rings (SSSR count). The summed E-state index contributed by atoms with van der Waals surface area (Å²) in [5.74, 6) is 0.563. The molecule has 3 heterocycles. The van der Waals surface area contributed by atoms with E-state index in [4.69, 9.17) is 0 Å². The summed E-state index contributed by atoms with van der Waals surface area (Å²) in [5.41, 5.74) is 5.18. The zero-order chi connectivity index (χ0) is 19.5. The van der Waals surface area contributed by atoms with Crippen LogP contribution >= 0.6 is 0 Å². The van der Waals surface area contributed by atoms with Crippen molar-refractivity contribution < 1.29 is 9.69 Å². The lowest BCUT2D eigenvalue weighted by atomic mass is 10.1. The van der Waals surface area contributed by atoms with Crippen molar-refractivity contribution in [2.45, 2.75) is 46.2 Å². The summed E-state index contributed by atoms with van der Waals surface area (Å²) in [6, 6.07) is 8.43. The van der Waals surface area contributed by atoms with Crippen molar-refractivity contribution in [1.82, 2.24) is 24.9 Å². The molecule has 2 aromatic heterocycles. The molecular formula is C21H27N6O+. The van der Waals surface area contributed by atoms with Crippen LogP contribution in [0.3, 0.4) is 0 Å². The number of aryl methyl sites for hydroxylation is 2. The smallest absolute Gasteiger partial charge is 0.252 e. The van der Waals surface area contributed by atoms with Crippen LogP contribution in [0.1, 0.15) is 40.9 Å². The molecule has 1 aromatic carbocycles. The molecule has 1 aliphatic heterocycles. The van der Waals surface area contributed by atoms with E-state index in [0.29, 0.717) is 18.7 Å². The van der Waals surface area contributed by atoms with Crippen LogP contribution in [-0.4, -0.2) is 38.6 Å². The fourth-order valence-electron chi connectivity index (χ4n) is 4.05. The Morgan fingerprint density at radius 2 is 1.93 bits per heavy atom. The van der Waals surface area contributed by atoms with E-state index in [0.717, 1.165) is 23.5 Å². The second-order valence-electron chi connectivity index (χ2n) is 7.59. The van der Waals surface area contributed by atoms with Crippen molar-refractivity contribution in [3.8, 4) is 0 Å². The van der Waals surface area contributed by atoms with Gasteiger partial charge in [-0.15, -0.1) is 0 Å². The Morgan fingerprint density at radius 3 is 2.71 bits per heavy atom. The molecule has 0 bridgehead atoms. The third-order valence-corrected chi connectivity index (χ3v) is 5.67. The van der Waals surface area contributed by atoms with E-state index in [1.165, 1.54) is 43.4 Å². The third kappa shape index (κ3) is 3.89. The van der Waals surface area contributed by atoms with Gasteiger partial charge >= 0.3 is 0 Å². The van der Waals surface area contributed by atoms with Crippen LogP contribution in [0.4, 0.5) is 0 Å². The summed E-state index contributed by atoms with van der Waals surface area (Å²) in [4.78, 5) is 22.8. The van der Waals surface area contributed by atoms with E-state index in [1.54, 1.807) is 9.42 Å². The zero-order valence-corrected chi connectivity index (χ0v) is 16.5. The topological polar surface area (TPSA) is 76.6 Å². The Balaban J connectivity index is 1.43. The number of benzene rings is 1. The highest BCUT2D eigenvalue weighted by Gasteiger charge is 2.18. The fraction of sp³-hybridized carbons (Fsp3) is 0.429. The zero-order valence-electron chi connectivity index (χ0n) is 16.5. The Labute approximate surface area is 164 Å². The normalized spacial score (nSPS) is 14.6. The Bertz CT molecular complexity index is 990. The van der Waals surface area contributed by atoms with Gasteiger partial charge in [-0.05, 0) is 19.4 Å². The molecule has 1 aliphatic rings. The van der Waals surface area contributed by atoms with Crippen molar-refractivity contribution >= 4 is 11.7 Å². The molecule has 146 valence electrons. The van der Waals surface area contributed by atoms with Gasteiger partial charge in [-0.25, -0.2) is 9.50 Å². The molecule has 1 saturated heterocycles. The number of fused-ring (bicyclic) bond motifs is 1. The lowest BCUT2D eigenvalue weighted by molar-refractivity contribution is -0.901. The van der Waals surface area contributed by atoms with Crippen molar-refractivity contribution in [1.29, 1.82) is 0 Å². The van der Waals surface area contributed by atoms with Gasteiger partial charge in [0.15, 0.2) is 0 Å². The number of likely N-dealkylation sites (tertiary alicyclic amines) is 1. The molecule has 0 saturated carbocycles. The van der Waals surface area contributed by atoms with E-state index in [2.05, 4.69) is 38.6 Å². The molecule has 0 unspecified atom stereocenters. The molecule has 3 aromatic rings. The van der Waals surface area contributed by atoms with Gasteiger partial charge in [-0.1, -0.05) is 24.3 Å². The number of carbonyl (C=O) groups is 1. The van der Waals surface area contributed by atoms with E-state index >= 15 is 0 Å². The van der Waals surface area contributed by atoms with E-state index in [9.17, 15) is 4.79 Å². The highest BCUT2D eigenvalue weighted by molar-refractivity contribution is 5.79. The number of carbonyl (C=O) groups excluding carboxylic acids is 1. The molecule has 1 amide bonds. The molecule has 1 fully saturated rings. The van der Waals surface area contributed by atoms with E-state index in [-0.39, 0.29) is 5.91 Å². The standard InChI is InChI=1S/C21H26N6O/c1-15-19(16(2)27-21(25-15)23-14-24-27)11-20(28)22-12-17-7-3-4-8-18(17)13-26-9-5-6-10-26/h3-4,7-8,14H,5-6,9-13H2,1-2H3,(H,22,28)/p+1. The van der Waals surface area contributed by atoms with Crippen LogP contribution in [0, 0.1) is 13.8 Å². The van der Waals surface area contributed by atoms with Gasteiger partial charge in [0.25, 0.3) is 5.78 Å². The predicted molar refractivity (Wildman–Crippen MR) is 106 cm³/mol. The minimum atomic E-state index is -0.00390. The fourth-order valence-corrected chi connectivity index (χ4v) is 4.05. The van der Waals surface area contributed by atoms with E-state index in [1.807, 2.05) is 19.9 Å². The quantitative estimate of drug-likeness (QED) is 0.664. The van der Waals surface area contributed by atoms with Gasteiger partial charge in [0.2, 0.25) is 5.91 Å². The molecule has 0 aliphatic carbocycles. The van der Waals surface area contributed by atoms with Gasteiger partial charge in [0, 0.05) is 41.9 Å². The molecular weight excluding hydrogens is 352 g/mol. The number of hydrogen-bond acceptors (Lipinski definition) is 4. The Hall–Kier alpha value is -2.80. The highest BCUT2D eigenvalue weighted by atomic mass is 16.1. The summed E-state index contributed by atoms with van der Waals surface area (Å²) in [6.45, 7) is 7.95. The lowest BCUT2D eigenvalue weighted by Gasteiger charge is -2.16. The first-order valence-corrected chi connectivity index (χ1v) is 9.94. The minimum absolute atomic E-state index is 0.00390. The number of quaternary nitrogens is 1. The molecule has 2 N–H and O–H groups in total. The summed E-state index contributed by atoms with van der Waals surface area (Å²) in [6.07, 6.45) is 4.41. The molecule has 0 radical (unpaired) electrons. The maximum atomic E-state index is 12.6. The van der Waals surface area contributed by atoms with Crippen LogP contribution in [0.5, 0.6) is 0 Å². The number of aromatic nitrogens is 4. The maximum Gasteiger partial charge on any atom is 0.252 e. The number of amides is 1. The number of hydrogen-bond donors (Lipinski definition) is 2. The first-order valence-electron chi connectivity index (χ1n) is 9.94. The van der Waals surface area contributed by atoms with Crippen LogP contribution < -0.4 is 10.2 Å². The predicted octanol–water partition coefficient (Wildman–Crippen LogP) is 0.779. The summed E-state index contributed by atoms with van der Waals surface area (Å²) in [7, 11) is 0. The lowest BCUT2D eigenvalue weighted by Crippen LogP contribution is -3.08. The largest absolute Gasteiger partial charge is 0.352 e. The SMILES string of the molecule is Cc1nc2ncnn2c(C)c1CC(=O)NCc1ccccc1C[NH+]1CCCC1. The van der Waals surface area contributed by atoms with Gasteiger partial charge in [0.1, 0.15) is 12.9 Å². The Kier molecular flexibility index (Phi) is 5.34. The summed E-state index contributed by atoms with van der Waals surface area (Å²) >= 11 is 0. The summed E-state index contributed by atoms with van der Waals surface area (Å²) in [5, 5.41) is 7.28. The van der Waals surface area contributed by atoms with Crippen molar-refractivity contribution in [2.75, 3.05) is 13.1 Å². The first kappa shape index (κ1) is 18.6. The highest BCUT2D eigenvalue weighted by Crippen LogP contribution is 2.14. The second kappa shape index (κ2) is 8.06. The minimum Gasteiger partial charge on any atom is -0.352 e. The van der Waals surface area contributed by atoms with Crippen LogP contribution in [0.25, 0.3) is 5.78 Å². The van der Waals surface area contributed by atoms with Crippen molar-refractivity contribution in [3.05, 3.63) is 58.7 Å². The average Bonchev–Trinajstić information content (AvgIpc) is 3.36. The number of rotatable bonds is 6.